The maximum absolute atomic E-state index is 11.9. The van der Waals surface area contributed by atoms with Crippen LogP contribution in [0.15, 0.2) is 48.8 Å². The number of pyridine rings is 1. The standard InChI is InChI=1S/C22H24N4O2/c1-4-6-17(27)14-16-8-9-20(15(2)13-16)28-21-18(7-5-11-24-21)19-10-12-25-22(23-3)26-19/h5,7-13H,4,6,14H2,1-3H3,(H,23,25,26). The minimum absolute atomic E-state index is 0.256. The van der Waals surface area contributed by atoms with E-state index in [2.05, 4.69) is 20.3 Å². The van der Waals surface area contributed by atoms with Crippen molar-refractivity contribution in [1.29, 1.82) is 0 Å². The highest BCUT2D eigenvalue weighted by molar-refractivity contribution is 5.80. The molecular formula is C22H24N4O2. The highest BCUT2D eigenvalue weighted by atomic mass is 16.5. The quantitative estimate of drug-likeness (QED) is 0.619. The Hall–Kier alpha value is -3.28. The van der Waals surface area contributed by atoms with Crippen molar-refractivity contribution in [2.75, 3.05) is 12.4 Å². The van der Waals surface area contributed by atoms with Crippen molar-refractivity contribution in [3.05, 3.63) is 59.9 Å². The number of carbonyl (C=O) groups excluding carboxylic acids is 1. The van der Waals surface area contributed by atoms with Crippen LogP contribution in [-0.2, 0) is 11.2 Å². The second kappa shape index (κ2) is 9.08. The van der Waals surface area contributed by atoms with Crippen molar-refractivity contribution in [3.8, 4) is 22.9 Å². The number of hydrogen-bond donors (Lipinski definition) is 1. The van der Waals surface area contributed by atoms with Gasteiger partial charge in [-0.3, -0.25) is 4.79 Å². The molecule has 0 spiro atoms. The molecule has 0 radical (unpaired) electrons. The van der Waals surface area contributed by atoms with E-state index in [9.17, 15) is 4.79 Å². The van der Waals surface area contributed by atoms with Gasteiger partial charge in [-0.15, -0.1) is 0 Å². The van der Waals surface area contributed by atoms with Gasteiger partial charge < -0.3 is 10.1 Å². The Morgan fingerprint density at radius 2 is 2.00 bits per heavy atom. The van der Waals surface area contributed by atoms with Gasteiger partial charge in [-0.25, -0.2) is 15.0 Å². The number of aromatic nitrogens is 3. The zero-order valence-electron chi connectivity index (χ0n) is 16.4. The van der Waals surface area contributed by atoms with Crippen LogP contribution in [0.2, 0.25) is 0 Å². The minimum Gasteiger partial charge on any atom is -0.438 e. The molecular weight excluding hydrogens is 352 g/mol. The fourth-order valence-corrected chi connectivity index (χ4v) is 2.93. The van der Waals surface area contributed by atoms with Crippen LogP contribution < -0.4 is 10.1 Å². The summed E-state index contributed by atoms with van der Waals surface area (Å²) in [4.78, 5) is 24.9. The van der Waals surface area contributed by atoms with E-state index in [1.165, 1.54) is 0 Å². The second-order valence-electron chi connectivity index (χ2n) is 6.54. The summed E-state index contributed by atoms with van der Waals surface area (Å²) in [6.07, 6.45) is 5.32. The summed E-state index contributed by atoms with van der Waals surface area (Å²) in [5, 5.41) is 2.94. The van der Waals surface area contributed by atoms with Gasteiger partial charge in [-0.1, -0.05) is 19.1 Å². The number of carbonyl (C=O) groups is 1. The Morgan fingerprint density at radius 1 is 1.14 bits per heavy atom. The van der Waals surface area contributed by atoms with Crippen molar-refractivity contribution in [2.24, 2.45) is 0 Å². The van der Waals surface area contributed by atoms with Gasteiger partial charge in [0.05, 0.1) is 11.3 Å². The molecule has 6 nitrogen and oxygen atoms in total. The molecule has 0 saturated heterocycles. The molecule has 0 amide bonds. The van der Waals surface area contributed by atoms with E-state index < -0.39 is 0 Å². The predicted octanol–water partition coefficient (Wildman–Crippen LogP) is 4.59. The smallest absolute Gasteiger partial charge is 0.228 e. The van der Waals surface area contributed by atoms with Crippen LogP contribution in [-0.4, -0.2) is 27.8 Å². The van der Waals surface area contributed by atoms with Crippen molar-refractivity contribution in [3.63, 3.8) is 0 Å². The van der Waals surface area contributed by atoms with E-state index in [0.717, 1.165) is 28.8 Å². The molecule has 0 saturated carbocycles. The average Bonchev–Trinajstić information content (AvgIpc) is 2.70. The van der Waals surface area contributed by atoms with E-state index in [-0.39, 0.29) is 5.78 Å². The third-order valence-corrected chi connectivity index (χ3v) is 4.30. The van der Waals surface area contributed by atoms with Crippen molar-refractivity contribution in [1.82, 2.24) is 15.0 Å². The lowest BCUT2D eigenvalue weighted by Gasteiger charge is -2.13. The molecule has 0 unspecified atom stereocenters. The van der Waals surface area contributed by atoms with Crippen LogP contribution in [0.3, 0.4) is 0 Å². The van der Waals surface area contributed by atoms with Crippen LogP contribution in [0, 0.1) is 6.92 Å². The summed E-state index contributed by atoms with van der Waals surface area (Å²) in [5.74, 6) is 1.96. The molecule has 0 aliphatic carbocycles. The summed E-state index contributed by atoms with van der Waals surface area (Å²) in [7, 11) is 1.77. The Kier molecular flexibility index (Phi) is 6.32. The predicted molar refractivity (Wildman–Crippen MR) is 110 cm³/mol. The largest absolute Gasteiger partial charge is 0.438 e. The first-order valence-corrected chi connectivity index (χ1v) is 9.36. The summed E-state index contributed by atoms with van der Waals surface area (Å²) in [6, 6.07) is 11.4. The molecule has 3 aromatic rings. The topological polar surface area (TPSA) is 77.0 Å². The number of hydrogen-bond acceptors (Lipinski definition) is 6. The lowest BCUT2D eigenvalue weighted by molar-refractivity contribution is -0.118. The number of nitrogens with one attached hydrogen (secondary N) is 1. The summed E-state index contributed by atoms with van der Waals surface area (Å²) in [5.41, 5.74) is 3.46. The highest BCUT2D eigenvalue weighted by Crippen LogP contribution is 2.32. The monoisotopic (exact) mass is 376 g/mol. The maximum atomic E-state index is 11.9. The summed E-state index contributed by atoms with van der Waals surface area (Å²) < 4.78 is 6.10. The van der Waals surface area contributed by atoms with Gasteiger partial charge in [-0.05, 0) is 48.7 Å². The summed E-state index contributed by atoms with van der Waals surface area (Å²) >= 11 is 0. The third kappa shape index (κ3) is 4.71. The first-order chi connectivity index (χ1) is 13.6. The number of benzene rings is 1. The Bertz CT molecular complexity index is 972. The molecule has 2 heterocycles. The summed E-state index contributed by atoms with van der Waals surface area (Å²) in [6.45, 7) is 3.98. The van der Waals surface area contributed by atoms with Gasteiger partial charge >= 0.3 is 0 Å². The molecule has 144 valence electrons. The Morgan fingerprint density at radius 3 is 2.75 bits per heavy atom. The van der Waals surface area contributed by atoms with Gasteiger partial charge in [-0.2, -0.15) is 0 Å². The van der Waals surface area contributed by atoms with Crippen molar-refractivity contribution in [2.45, 2.75) is 33.1 Å². The normalized spacial score (nSPS) is 10.5. The fourth-order valence-electron chi connectivity index (χ4n) is 2.93. The van der Waals surface area contributed by atoms with E-state index in [4.69, 9.17) is 4.74 Å². The van der Waals surface area contributed by atoms with Gasteiger partial charge in [0.25, 0.3) is 0 Å². The van der Waals surface area contributed by atoms with Crippen LogP contribution in [0.1, 0.15) is 30.9 Å². The molecule has 0 aliphatic rings. The molecule has 6 heteroatoms. The zero-order valence-corrected chi connectivity index (χ0v) is 16.4. The molecule has 0 atom stereocenters. The molecule has 1 N–H and O–H groups in total. The molecule has 0 fully saturated rings. The lowest BCUT2D eigenvalue weighted by atomic mass is 10.0. The van der Waals surface area contributed by atoms with Crippen molar-refractivity contribution >= 4 is 11.7 Å². The van der Waals surface area contributed by atoms with Crippen LogP contribution >= 0.6 is 0 Å². The van der Waals surface area contributed by atoms with Gasteiger partial charge in [0.15, 0.2) is 0 Å². The van der Waals surface area contributed by atoms with Crippen LogP contribution in [0.4, 0.5) is 5.95 Å². The minimum atomic E-state index is 0.256. The van der Waals surface area contributed by atoms with Gasteiger partial charge in [0, 0.05) is 32.3 Å². The SMILES string of the molecule is CCCC(=O)Cc1ccc(Oc2ncccc2-c2ccnc(NC)n2)c(C)c1. The molecule has 2 aromatic heterocycles. The van der Waals surface area contributed by atoms with E-state index in [0.29, 0.717) is 30.4 Å². The van der Waals surface area contributed by atoms with E-state index >= 15 is 0 Å². The molecule has 3 rings (SSSR count). The molecule has 28 heavy (non-hydrogen) atoms. The first-order valence-electron chi connectivity index (χ1n) is 9.36. The van der Waals surface area contributed by atoms with Crippen LogP contribution in [0.25, 0.3) is 11.3 Å². The highest BCUT2D eigenvalue weighted by Gasteiger charge is 2.13. The van der Waals surface area contributed by atoms with Gasteiger partial charge in [0.1, 0.15) is 11.5 Å². The Labute approximate surface area is 165 Å². The number of ether oxygens (including phenoxy) is 1. The molecule has 0 aliphatic heterocycles. The lowest BCUT2D eigenvalue weighted by Crippen LogP contribution is -2.02. The average molecular weight is 376 g/mol. The van der Waals surface area contributed by atoms with E-state index in [1.807, 2.05) is 50.2 Å². The molecule has 0 bridgehead atoms. The maximum Gasteiger partial charge on any atom is 0.228 e. The number of Topliss-reactive ketones (excluding diaryl/α,β-unsaturated/α-hetero) is 1. The number of anilines is 1. The second-order valence-corrected chi connectivity index (χ2v) is 6.54. The zero-order chi connectivity index (χ0) is 19.9. The van der Waals surface area contributed by atoms with E-state index in [1.54, 1.807) is 19.4 Å². The first kappa shape index (κ1) is 19.5. The number of aryl methyl sites for hydroxylation is 1. The Balaban J connectivity index is 1.85. The number of ketones is 1. The molecule has 1 aromatic carbocycles. The fraction of sp³-hybridized carbons (Fsp3) is 0.273. The number of rotatable bonds is 8. The van der Waals surface area contributed by atoms with Crippen molar-refractivity contribution < 1.29 is 9.53 Å². The van der Waals surface area contributed by atoms with Gasteiger partial charge in [0.2, 0.25) is 11.8 Å². The number of nitrogens with zero attached hydrogens (tertiary/aromatic N) is 3. The van der Waals surface area contributed by atoms with Crippen LogP contribution in [0.5, 0.6) is 11.6 Å². The third-order valence-electron chi connectivity index (χ3n) is 4.30.